The number of hydrogen-bond acceptors (Lipinski definition) is 2. The Labute approximate surface area is 157 Å². The zero-order valence-corrected chi connectivity index (χ0v) is 15.1. The van der Waals surface area contributed by atoms with Crippen molar-refractivity contribution in [2.45, 2.75) is 26.3 Å². The number of hydrogen-bond donors (Lipinski definition) is 2. The van der Waals surface area contributed by atoms with Crippen molar-refractivity contribution >= 4 is 16.8 Å². The van der Waals surface area contributed by atoms with Gasteiger partial charge in [0.2, 0.25) is 0 Å². The number of fused-ring (bicyclic) bond motifs is 2. The number of rotatable bonds is 3. The van der Waals surface area contributed by atoms with Gasteiger partial charge in [-0.25, -0.2) is 4.98 Å². The first-order valence-corrected chi connectivity index (χ1v) is 9.20. The van der Waals surface area contributed by atoms with Gasteiger partial charge in [-0.1, -0.05) is 36.4 Å². The van der Waals surface area contributed by atoms with Gasteiger partial charge in [-0.05, 0) is 37.0 Å². The molecule has 0 spiro atoms. The monoisotopic (exact) mass is 356 g/mol. The lowest BCUT2D eigenvalue weighted by molar-refractivity contribution is 0.0952. The Bertz CT molecular complexity index is 1170. The van der Waals surface area contributed by atoms with Crippen LogP contribution in [0.15, 0.2) is 55.0 Å². The molecule has 3 heterocycles. The highest BCUT2D eigenvalue weighted by Crippen LogP contribution is 2.33. The van der Waals surface area contributed by atoms with Gasteiger partial charge < -0.3 is 14.9 Å². The van der Waals surface area contributed by atoms with E-state index in [1.165, 1.54) is 11.1 Å². The van der Waals surface area contributed by atoms with E-state index in [-0.39, 0.29) is 5.91 Å². The van der Waals surface area contributed by atoms with Gasteiger partial charge in [0.15, 0.2) is 0 Å². The van der Waals surface area contributed by atoms with E-state index in [1.807, 2.05) is 25.3 Å². The maximum absolute atomic E-state index is 13.0. The van der Waals surface area contributed by atoms with Crippen LogP contribution in [-0.2, 0) is 19.4 Å². The van der Waals surface area contributed by atoms with Gasteiger partial charge in [-0.3, -0.25) is 4.79 Å². The van der Waals surface area contributed by atoms with E-state index in [9.17, 15) is 4.79 Å². The van der Waals surface area contributed by atoms with Crippen LogP contribution < -0.4 is 5.32 Å². The molecule has 2 aromatic heterocycles. The highest BCUT2D eigenvalue weighted by Gasteiger charge is 2.21. The first-order chi connectivity index (χ1) is 13.2. The molecule has 0 saturated heterocycles. The average molecular weight is 356 g/mol. The molecule has 5 rings (SSSR count). The van der Waals surface area contributed by atoms with Gasteiger partial charge in [-0.15, -0.1) is 0 Å². The summed E-state index contributed by atoms with van der Waals surface area (Å²) in [6.07, 6.45) is 5.62. The number of nitrogens with zero attached hydrogens (tertiary/aromatic N) is 2. The molecule has 2 N–H and O–H groups in total. The molecule has 0 fully saturated rings. The second-order valence-electron chi connectivity index (χ2n) is 7.01. The van der Waals surface area contributed by atoms with Gasteiger partial charge in [0.25, 0.3) is 5.91 Å². The third-order valence-corrected chi connectivity index (χ3v) is 5.42. The molecule has 2 aromatic carbocycles. The Morgan fingerprint density at radius 1 is 1.15 bits per heavy atom. The van der Waals surface area contributed by atoms with Crippen LogP contribution >= 0.6 is 0 Å². The Balaban J connectivity index is 1.59. The lowest BCUT2D eigenvalue weighted by Crippen LogP contribution is -2.23. The molecule has 0 radical (unpaired) electrons. The summed E-state index contributed by atoms with van der Waals surface area (Å²) in [4.78, 5) is 20.3. The number of para-hydroxylation sites is 2. The number of aryl methyl sites for hydroxylation is 3. The fourth-order valence-electron chi connectivity index (χ4n) is 3.98. The van der Waals surface area contributed by atoms with Crippen molar-refractivity contribution in [2.75, 3.05) is 0 Å². The molecule has 5 heteroatoms. The quantitative estimate of drug-likeness (QED) is 0.588. The molecule has 0 saturated carbocycles. The van der Waals surface area contributed by atoms with Crippen molar-refractivity contribution in [2.24, 2.45) is 0 Å². The summed E-state index contributed by atoms with van der Waals surface area (Å²) < 4.78 is 2.18. The number of benzene rings is 2. The van der Waals surface area contributed by atoms with E-state index in [0.717, 1.165) is 40.8 Å². The predicted molar refractivity (Wildman–Crippen MR) is 105 cm³/mol. The predicted octanol–water partition coefficient (Wildman–Crippen LogP) is 3.69. The van der Waals surface area contributed by atoms with Crippen molar-refractivity contribution < 1.29 is 4.79 Å². The maximum Gasteiger partial charge on any atom is 0.253 e. The molecule has 0 unspecified atom stereocenters. The van der Waals surface area contributed by atoms with E-state index in [4.69, 9.17) is 0 Å². The summed E-state index contributed by atoms with van der Waals surface area (Å²) in [6.45, 7) is 2.37. The third-order valence-electron chi connectivity index (χ3n) is 5.42. The van der Waals surface area contributed by atoms with Crippen LogP contribution in [0.5, 0.6) is 0 Å². The van der Waals surface area contributed by atoms with Crippen LogP contribution in [0.2, 0.25) is 0 Å². The Morgan fingerprint density at radius 2 is 1.96 bits per heavy atom. The number of amides is 1. The van der Waals surface area contributed by atoms with E-state index in [2.05, 4.69) is 50.2 Å². The molecular formula is C22H20N4O. The van der Waals surface area contributed by atoms with Crippen molar-refractivity contribution in [3.8, 4) is 5.69 Å². The Kier molecular flexibility index (Phi) is 3.60. The second kappa shape index (κ2) is 6.13. The minimum Gasteiger partial charge on any atom is -0.348 e. The van der Waals surface area contributed by atoms with Gasteiger partial charge in [0.1, 0.15) is 0 Å². The third kappa shape index (κ3) is 2.54. The first-order valence-electron chi connectivity index (χ1n) is 9.20. The minimum absolute atomic E-state index is 0.0728. The number of aromatic nitrogens is 3. The van der Waals surface area contributed by atoms with Gasteiger partial charge in [-0.2, -0.15) is 0 Å². The van der Waals surface area contributed by atoms with Crippen LogP contribution in [0.1, 0.15) is 32.9 Å². The smallest absolute Gasteiger partial charge is 0.253 e. The summed E-state index contributed by atoms with van der Waals surface area (Å²) in [5.41, 5.74) is 7.44. The largest absolute Gasteiger partial charge is 0.348 e. The molecule has 0 atom stereocenters. The molecule has 1 aliphatic rings. The molecule has 1 aliphatic heterocycles. The van der Waals surface area contributed by atoms with E-state index in [1.54, 1.807) is 6.33 Å². The summed E-state index contributed by atoms with van der Waals surface area (Å²) in [5, 5.41) is 4.02. The van der Waals surface area contributed by atoms with Crippen molar-refractivity contribution in [1.82, 2.24) is 19.9 Å². The number of imidazole rings is 1. The molecule has 4 aromatic rings. The first kappa shape index (κ1) is 15.9. The summed E-state index contributed by atoms with van der Waals surface area (Å²) in [5.74, 6) is -0.0728. The number of carbonyl (C=O) groups excluding carboxylic acids is 1. The molecule has 27 heavy (non-hydrogen) atoms. The number of aromatic amines is 1. The van der Waals surface area contributed by atoms with Gasteiger partial charge in [0, 0.05) is 23.0 Å². The number of nitrogens with one attached hydrogen (secondary N) is 2. The van der Waals surface area contributed by atoms with Crippen molar-refractivity contribution in [3.63, 3.8) is 0 Å². The molecule has 5 nitrogen and oxygen atoms in total. The Morgan fingerprint density at radius 3 is 2.81 bits per heavy atom. The lowest BCUT2D eigenvalue weighted by Gasteiger charge is -2.08. The maximum atomic E-state index is 13.0. The second-order valence-corrected chi connectivity index (χ2v) is 7.01. The minimum atomic E-state index is -0.0728. The van der Waals surface area contributed by atoms with Crippen LogP contribution in [0.25, 0.3) is 16.6 Å². The summed E-state index contributed by atoms with van der Waals surface area (Å²) in [6, 6.07) is 14.7. The van der Waals surface area contributed by atoms with E-state index in [0.29, 0.717) is 12.1 Å². The van der Waals surface area contributed by atoms with Gasteiger partial charge in [0.05, 0.1) is 29.6 Å². The average Bonchev–Trinajstić information content (AvgIpc) is 3.24. The number of H-pyrrole nitrogens is 1. The SMILES string of the molecule is Cc1[nH]cnc1CNC(=O)c1cn2c3c(cccc13)CCc1ccccc1-2. The van der Waals surface area contributed by atoms with Gasteiger partial charge >= 0.3 is 0 Å². The van der Waals surface area contributed by atoms with Crippen LogP contribution in [0.4, 0.5) is 0 Å². The summed E-state index contributed by atoms with van der Waals surface area (Å²) in [7, 11) is 0. The fourth-order valence-corrected chi connectivity index (χ4v) is 3.98. The highest BCUT2D eigenvalue weighted by molar-refractivity contribution is 6.08. The molecule has 0 bridgehead atoms. The summed E-state index contributed by atoms with van der Waals surface area (Å²) >= 11 is 0. The number of carbonyl (C=O) groups is 1. The zero-order valence-electron chi connectivity index (χ0n) is 15.1. The van der Waals surface area contributed by atoms with E-state index < -0.39 is 0 Å². The fraction of sp³-hybridized carbons (Fsp3) is 0.182. The normalized spacial score (nSPS) is 12.6. The standard InChI is InChI=1S/C22H20N4O/c1-14-19(25-13-24-14)11-23-22(27)18-12-26-20-8-3-2-5-15(20)9-10-16-6-4-7-17(18)21(16)26/h2-8,12-13H,9-11H2,1H3,(H,23,27)(H,24,25). The lowest BCUT2D eigenvalue weighted by atomic mass is 10.0. The molecular weight excluding hydrogens is 336 g/mol. The topological polar surface area (TPSA) is 62.7 Å². The highest BCUT2D eigenvalue weighted by atomic mass is 16.1. The molecule has 134 valence electrons. The van der Waals surface area contributed by atoms with Crippen LogP contribution in [0.3, 0.4) is 0 Å². The Hall–Kier alpha value is -3.34. The van der Waals surface area contributed by atoms with Crippen LogP contribution in [0, 0.1) is 6.92 Å². The van der Waals surface area contributed by atoms with Crippen molar-refractivity contribution in [3.05, 3.63) is 83.1 Å². The van der Waals surface area contributed by atoms with E-state index >= 15 is 0 Å². The van der Waals surface area contributed by atoms with Crippen LogP contribution in [-0.4, -0.2) is 20.4 Å². The van der Waals surface area contributed by atoms with Crippen molar-refractivity contribution in [1.29, 1.82) is 0 Å². The zero-order chi connectivity index (χ0) is 18.4. The molecule has 1 amide bonds. The molecule has 0 aliphatic carbocycles.